The normalized spacial score (nSPS) is 12.8. The van der Waals surface area contributed by atoms with Crippen LogP contribution in [0.25, 0.3) is 0 Å². The molecule has 0 saturated heterocycles. The first kappa shape index (κ1) is 12.4. The maximum Gasteiger partial charge on any atom is 0.117 e. The summed E-state index contributed by atoms with van der Waals surface area (Å²) in [4.78, 5) is 0. The predicted octanol–water partition coefficient (Wildman–Crippen LogP) is 2.30. The highest BCUT2D eigenvalue weighted by Gasteiger charge is 2.01. The largest absolute Gasteiger partial charge is 0.386 e. The van der Waals surface area contributed by atoms with Crippen molar-refractivity contribution in [2.45, 2.75) is 52.1 Å². The summed E-state index contributed by atoms with van der Waals surface area (Å²) >= 11 is 0. The van der Waals surface area contributed by atoms with Gasteiger partial charge in [-0.15, -0.1) is 0 Å². The maximum atomic E-state index is 6.98. The molecule has 78 valence electrons. The average molecular weight is 186 g/mol. The monoisotopic (exact) mass is 186 g/mol. The van der Waals surface area contributed by atoms with Gasteiger partial charge in [0.25, 0.3) is 0 Å². The number of unbranched alkanes of at least 4 members (excludes halogenated alkanes) is 3. The van der Waals surface area contributed by atoms with E-state index in [0.717, 1.165) is 6.42 Å². The van der Waals surface area contributed by atoms with Crippen molar-refractivity contribution in [2.75, 3.05) is 6.61 Å². The zero-order chi connectivity index (χ0) is 10.1. The van der Waals surface area contributed by atoms with Crippen LogP contribution in [0.3, 0.4) is 0 Å². The van der Waals surface area contributed by atoms with Crippen LogP contribution in [0.15, 0.2) is 0 Å². The first-order valence-corrected chi connectivity index (χ1v) is 5.11. The smallest absolute Gasteiger partial charge is 0.117 e. The molecule has 3 heteroatoms. The first-order valence-electron chi connectivity index (χ1n) is 5.11. The Morgan fingerprint density at radius 3 is 2.62 bits per heavy atom. The van der Waals surface area contributed by atoms with E-state index in [1.807, 2.05) is 6.92 Å². The summed E-state index contributed by atoms with van der Waals surface area (Å²) in [6, 6.07) is 0. The Morgan fingerprint density at radius 1 is 1.38 bits per heavy atom. The lowest BCUT2D eigenvalue weighted by molar-refractivity contribution is 0.0863. The Hall–Kier alpha value is -0.570. The van der Waals surface area contributed by atoms with Gasteiger partial charge in [-0.1, -0.05) is 32.6 Å². The molecular weight excluding hydrogens is 164 g/mol. The highest BCUT2D eigenvalue weighted by Crippen LogP contribution is 2.07. The van der Waals surface area contributed by atoms with Gasteiger partial charge in [0.05, 0.1) is 6.10 Å². The third-order valence-corrected chi connectivity index (χ3v) is 1.99. The second kappa shape index (κ2) is 8.05. The van der Waals surface area contributed by atoms with Gasteiger partial charge < -0.3 is 10.5 Å². The van der Waals surface area contributed by atoms with Crippen LogP contribution in [0.4, 0.5) is 0 Å². The first-order chi connectivity index (χ1) is 6.16. The highest BCUT2D eigenvalue weighted by molar-refractivity contribution is 5.78. The maximum absolute atomic E-state index is 6.98. The number of hydrogen-bond donors (Lipinski definition) is 2. The molecule has 0 aliphatic heterocycles. The lowest BCUT2D eigenvalue weighted by Crippen LogP contribution is -2.21. The molecule has 0 aliphatic rings. The van der Waals surface area contributed by atoms with Gasteiger partial charge in [0.15, 0.2) is 0 Å². The van der Waals surface area contributed by atoms with Crippen LogP contribution in [0.5, 0.6) is 0 Å². The number of nitrogens with one attached hydrogen (secondary N) is 1. The number of hydrogen-bond acceptors (Lipinski definition) is 2. The van der Waals surface area contributed by atoms with Gasteiger partial charge in [0, 0.05) is 0 Å². The second-order valence-electron chi connectivity index (χ2n) is 3.50. The number of ether oxygens (including phenoxy) is 1. The van der Waals surface area contributed by atoms with Crippen LogP contribution in [-0.4, -0.2) is 18.5 Å². The molecule has 0 fully saturated rings. The summed E-state index contributed by atoms with van der Waals surface area (Å²) in [5, 5.41) is 6.98. The van der Waals surface area contributed by atoms with Crippen molar-refractivity contribution in [3.63, 3.8) is 0 Å². The minimum atomic E-state index is 0.111. The fourth-order valence-electron chi connectivity index (χ4n) is 1.17. The van der Waals surface area contributed by atoms with Gasteiger partial charge in [-0.2, -0.15) is 0 Å². The van der Waals surface area contributed by atoms with E-state index in [4.69, 9.17) is 15.9 Å². The van der Waals surface area contributed by atoms with Crippen LogP contribution in [-0.2, 0) is 4.74 Å². The van der Waals surface area contributed by atoms with Crippen molar-refractivity contribution < 1.29 is 4.74 Å². The molecule has 1 unspecified atom stereocenters. The summed E-state index contributed by atoms with van der Waals surface area (Å²) in [5.41, 5.74) is 5.18. The van der Waals surface area contributed by atoms with Crippen LogP contribution in [0.2, 0.25) is 0 Å². The van der Waals surface area contributed by atoms with E-state index in [9.17, 15) is 0 Å². The molecule has 0 spiro atoms. The van der Waals surface area contributed by atoms with Crippen molar-refractivity contribution in [3.05, 3.63) is 0 Å². The van der Waals surface area contributed by atoms with Crippen molar-refractivity contribution in [2.24, 2.45) is 5.73 Å². The highest BCUT2D eigenvalue weighted by atomic mass is 16.5. The SMILES string of the molecule is CCCCCCC(C)OCC(=N)N. The van der Waals surface area contributed by atoms with E-state index >= 15 is 0 Å². The molecule has 0 saturated carbocycles. The molecule has 1 atom stereocenters. The Bertz CT molecular complexity index is 137. The van der Waals surface area contributed by atoms with E-state index in [-0.39, 0.29) is 18.5 Å². The van der Waals surface area contributed by atoms with Gasteiger partial charge in [-0.05, 0) is 13.3 Å². The third-order valence-electron chi connectivity index (χ3n) is 1.99. The van der Waals surface area contributed by atoms with Gasteiger partial charge >= 0.3 is 0 Å². The van der Waals surface area contributed by atoms with Gasteiger partial charge in [0.2, 0.25) is 0 Å². The Kier molecular flexibility index (Phi) is 7.69. The predicted molar refractivity (Wildman–Crippen MR) is 56.1 cm³/mol. The van der Waals surface area contributed by atoms with Gasteiger partial charge in [-0.3, -0.25) is 5.41 Å². The van der Waals surface area contributed by atoms with Crippen molar-refractivity contribution >= 4 is 5.84 Å². The summed E-state index contributed by atoms with van der Waals surface area (Å²) in [7, 11) is 0. The Labute approximate surface area is 81.2 Å². The molecule has 0 aromatic heterocycles. The topological polar surface area (TPSA) is 59.1 Å². The van der Waals surface area contributed by atoms with E-state index in [2.05, 4.69) is 6.92 Å². The zero-order valence-electron chi connectivity index (χ0n) is 8.81. The second-order valence-corrected chi connectivity index (χ2v) is 3.50. The lowest BCUT2D eigenvalue weighted by atomic mass is 10.1. The number of amidine groups is 1. The third kappa shape index (κ3) is 9.34. The van der Waals surface area contributed by atoms with Crippen LogP contribution < -0.4 is 5.73 Å². The average Bonchev–Trinajstić information content (AvgIpc) is 2.09. The minimum Gasteiger partial charge on any atom is -0.386 e. The molecule has 3 N–H and O–H groups in total. The summed E-state index contributed by atoms with van der Waals surface area (Å²) in [6.45, 7) is 4.51. The lowest BCUT2D eigenvalue weighted by Gasteiger charge is -2.11. The zero-order valence-corrected chi connectivity index (χ0v) is 8.81. The Morgan fingerprint density at radius 2 is 2.08 bits per heavy atom. The summed E-state index contributed by atoms with van der Waals surface area (Å²) in [6.07, 6.45) is 6.38. The fraction of sp³-hybridized carbons (Fsp3) is 0.900. The number of nitrogens with two attached hydrogens (primary N) is 1. The summed E-state index contributed by atoms with van der Waals surface area (Å²) < 4.78 is 5.33. The molecule has 3 nitrogen and oxygen atoms in total. The van der Waals surface area contributed by atoms with Crippen LogP contribution >= 0.6 is 0 Å². The minimum absolute atomic E-state index is 0.111. The molecule has 0 radical (unpaired) electrons. The molecule has 0 amide bonds. The van der Waals surface area contributed by atoms with Gasteiger partial charge in [-0.25, -0.2) is 0 Å². The molecular formula is C10H22N2O. The molecule has 0 bridgehead atoms. The Balaban J connectivity index is 3.19. The quantitative estimate of drug-likeness (QED) is 0.347. The molecule has 0 heterocycles. The molecule has 13 heavy (non-hydrogen) atoms. The van der Waals surface area contributed by atoms with Crippen molar-refractivity contribution in [3.8, 4) is 0 Å². The van der Waals surface area contributed by atoms with Gasteiger partial charge in [0.1, 0.15) is 12.4 Å². The fourth-order valence-corrected chi connectivity index (χ4v) is 1.17. The summed E-state index contributed by atoms with van der Waals surface area (Å²) in [5.74, 6) is 0.111. The van der Waals surface area contributed by atoms with Crippen molar-refractivity contribution in [1.29, 1.82) is 5.41 Å². The molecule has 0 rings (SSSR count). The number of rotatable bonds is 8. The standard InChI is InChI=1S/C10H22N2O/c1-3-4-5-6-7-9(2)13-8-10(11)12/h9H,3-8H2,1-2H3,(H3,11,12). The molecule has 0 aromatic carbocycles. The van der Waals surface area contributed by atoms with E-state index in [1.54, 1.807) is 0 Å². The van der Waals surface area contributed by atoms with Crippen LogP contribution in [0.1, 0.15) is 46.0 Å². The van der Waals surface area contributed by atoms with E-state index < -0.39 is 0 Å². The van der Waals surface area contributed by atoms with Crippen molar-refractivity contribution in [1.82, 2.24) is 0 Å². The molecule has 0 aliphatic carbocycles. The molecule has 0 aromatic rings. The van der Waals surface area contributed by atoms with Crippen LogP contribution in [0, 0.1) is 5.41 Å². The van der Waals surface area contributed by atoms with E-state index in [1.165, 1.54) is 25.7 Å². The van der Waals surface area contributed by atoms with E-state index in [0.29, 0.717) is 0 Å².